The third kappa shape index (κ3) is 6.86. The van der Waals surface area contributed by atoms with Crippen molar-refractivity contribution < 1.29 is 23.8 Å². The molecule has 0 spiro atoms. The number of hydrogen-bond acceptors (Lipinski definition) is 9. The van der Waals surface area contributed by atoms with E-state index in [2.05, 4.69) is 20.3 Å². The molecule has 2 N–H and O–H groups in total. The van der Waals surface area contributed by atoms with Gasteiger partial charge in [-0.05, 0) is 38.5 Å². The van der Waals surface area contributed by atoms with Crippen LogP contribution in [0.3, 0.4) is 0 Å². The molecule has 0 aliphatic heterocycles. The van der Waals surface area contributed by atoms with Crippen molar-refractivity contribution in [2.75, 3.05) is 12.4 Å². The number of carboxylic acid groups (broad SMARTS) is 1. The fraction of sp³-hybridized carbons (Fsp3) is 0.286. The van der Waals surface area contributed by atoms with E-state index in [4.69, 9.17) is 9.84 Å². The third-order valence-corrected chi connectivity index (χ3v) is 5.99. The lowest BCUT2D eigenvalue weighted by Crippen LogP contribution is -2.33. The molecule has 0 atom stereocenters. The Kier molecular flexibility index (Phi) is 7.49. The Labute approximate surface area is 198 Å². The van der Waals surface area contributed by atoms with E-state index in [1.165, 1.54) is 28.5 Å². The number of hydrogen-bond donors (Lipinski definition) is 2. The van der Waals surface area contributed by atoms with Gasteiger partial charge in [-0.15, -0.1) is 0 Å². The number of amides is 1. The molecule has 1 amide bonds. The first-order valence-corrected chi connectivity index (χ1v) is 11.3. The summed E-state index contributed by atoms with van der Waals surface area (Å²) in [5, 5.41) is 12.6. The largest absolute Gasteiger partial charge is 0.476 e. The minimum Gasteiger partial charge on any atom is -0.476 e. The molecule has 3 aromatic rings. The first-order chi connectivity index (χ1) is 15.5. The average molecular weight is 492 g/mol. The predicted molar refractivity (Wildman–Crippen MR) is 123 cm³/mol. The summed E-state index contributed by atoms with van der Waals surface area (Å²) in [6.07, 6.45) is 4.04. The van der Waals surface area contributed by atoms with Crippen LogP contribution in [0.1, 0.15) is 36.8 Å². The van der Waals surface area contributed by atoms with Gasteiger partial charge < -0.3 is 20.1 Å². The van der Waals surface area contributed by atoms with E-state index >= 15 is 0 Å². The van der Waals surface area contributed by atoms with Crippen LogP contribution in [0.5, 0.6) is 0 Å². The van der Waals surface area contributed by atoms with Gasteiger partial charge >= 0.3 is 12.1 Å². The van der Waals surface area contributed by atoms with Crippen molar-refractivity contribution in [1.82, 2.24) is 19.9 Å². The number of nitrogens with zero attached hydrogens (tertiary/aromatic N) is 4. The molecule has 3 aromatic heterocycles. The summed E-state index contributed by atoms with van der Waals surface area (Å²) in [6, 6.07) is 5.00. The molecule has 0 aliphatic rings. The Hall–Kier alpha value is -3.25. The topological polar surface area (TPSA) is 118 Å². The average Bonchev–Trinajstić information content (AvgIpc) is 3.16. The SMILES string of the molecule is CN(Cc1ccc(Nc2ncc(Sc3ccnc(C(=O)O)c3F)s2)nc1)C(=O)OC(C)(C)C. The summed E-state index contributed by atoms with van der Waals surface area (Å²) in [4.78, 5) is 36.9. The highest BCUT2D eigenvalue weighted by atomic mass is 32.2. The van der Waals surface area contributed by atoms with E-state index < -0.39 is 29.2 Å². The molecule has 3 heterocycles. The fourth-order valence-corrected chi connectivity index (χ4v) is 4.37. The van der Waals surface area contributed by atoms with E-state index in [1.54, 1.807) is 25.5 Å². The fourth-order valence-electron chi connectivity index (χ4n) is 2.51. The number of thiazole rings is 1. The Morgan fingerprint density at radius 2 is 1.97 bits per heavy atom. The zero-order valence-corrected chi connectivity index (χ0v) is 20.0. The Morgan fingerprint density at radius 3 is 2.61 bits per heavy atom. The smallest absolute Gasteiger partial charge is 0.410 e. The highest BCUT2D eigenvalue weighted by molar-refractivity contribution is 8.01. The molecule has 0 bridgehead atoms. The number of carbonyl (C=O) groups excluding carboxylic acids is 1. The normalized spacial score (nSPS) is 11.2. The van der Waals surface area contributed by atoms with Crippen molar-refractivity contribution in [2.24, 2.45) is 0 Å². The number of carboxylic acids is 1. The lowest BCUT2D eigenvalue weighted by Gasteiger charge is -2.24. The molecule has 0 saturated carbocycles. The Bertz CT molecular complexity index is 1150. The number of ether oxygens (including phenoxy) is 1. The van der Waals surface area contributed by atoms with Gasteiger partial charge in [0.05, 0.1) is 21.8 Å². The molecule has 0 fully saturated rings. The highest BCUT2D eigenvalue weighted by Crippen LogP contribution is 2.36. The molecule has 0 unspecified atom stereocenters. The first-order valence-electron chi connectivity index (χ1n) is 9.69. The van der Waals surface area contributed by atoms with Crippen molar-refractivity contribution in [1.29, 1.82) is 0 Å². The molecule has 174 valence electrons. The van der Waals surface area contributed by atoms with Gasteiger partial charge in [-0.3, -0.25) is 0 Å². The van der Waals surface area contributed by atoms with Crippen LogP contribution >= 0.6 is 23.1 Å². The molecule has 12 heteroatoms. The number of aromatic carboxylic acids is 1. The third-order valence-electron chi connectivity index (χ3n) is 3.94. The van der Waals surface area contributed by atoms with Gasteiger partial charge in [-0.2, -0.15) is 0 Å². The zero-order chi connectivity index (χ0) is 24.2. The van der Waals surface area contributed by atoms with Crippen LogP contribution in [-0.2, 0) is 11.3 Å². The van der Waals surface area contributed by atoms with Crippen molar-refractivity contribution >= 4 is 46.1 Å². The lowest BCUT2D eigenvalue weighted by molar-refractivity contribution is 0.0284. The molecule has 0 aliphatic carbocycles. The van der Waals surface area contributed by atoms with E-state index in [0.717, 1.165) is 17.3 Å². The van der Waals surface area contributed by atoms with Gasteiger partial charge in [0.25, 0.3) is 0 Å². The first kappa shape index (κ1) is 24.4. The van der Waals surface area contributed by atoms with Crippen LogP contribution in [-0.4, -0.2) is 49.7 Å². The van der Waals surface area contributed by atoms with E-state index in [0.29, 0.717) is 21.7 Å². The van der Waals surface area contributed by atoms with Gasteiger partial charge in [0, 0.05) is 19.4 Å². The van der Waals surface area contributed by atoms with E-state index in [-0.39, 0.29) is 4.90 Å². The van der Waals surface area contributed by atoms with Crippen LogP contribution < -0.4 is 5.32 Å². The number of pyridine rings is 2. The number of anilines is 2. The second-order valence-corrected chi connectivity index (χ2v) is 10.2. The number of nitrogens with one attached hydrogen (secondary N) is 1. The second-order valence-electron chi connectivity index (χ2n) is 7.88. The lowest BCUT2D eigenvalue weighted by atomic mass is 10.2. The molecule has 0 radical (unpaired) electrons. The molecular formula is C21H22FN5O4S2. The van der Waals surface area contributed by atoms with Gasteiger partial charge in [0.15, 0.2) is 16.6 Å². The molecule has 9 nitrogen and oxygen atoms in total. The number of aromatic nitrogens is 3. The summed E-state index contributed by atoms with van der Waals surface area (Å²) >= 11 is 2.33. The minimum atomic E-state index is -1.42. The molecule has 3 rings (SSSR count). The predicted octanol–water partition coefficient (Wildman–Crippen LogP) is 5.03. The van der Waals surface area contributed by atoms with Gasteiger partial charge in [-0.25, -0.2) is 28.9 Å². The maximum absolute atomic E-state index is 14.3. The quantitative estimate of drug-likeness (QED) is 0.469. The summed E-state index contributed by atoms with van der Waals surface area (Å²) in [5.41, 5.74) is -0.361. The second kappa shape index (κ2) is 10.1. The highest BCUT2D eigenvalue weighted by Gasteiger charge is 2.20. The molecule has 33 heavy (non-hydrogen) atoms. The van der Waals surface area contributed by atoms with E-state index in [1.807, 2.05) is 26.8 Å². The number of halogens is 1. The number of rotatable bonds is 7. The van der Waals surface area contributed by atoms with Crippen LogP contribution in [0, 0.1) is 5.82 Å². The maximum Gasteiger partial charge on any atom is 0.410 e. The molecular weight excluding hydrogens is 469 g/mol. The van der Waals surface area contributed by atoms with Gasteiger partial charge in [-0.1, -0.05) is 29.2 Å². The Balaban J connectivity index is 1.60. The van der Waals surface area contributed by atoms with Crippen molar-refractivity contribution in [3.63, 3.8) is 0 Å². The van der Waals surface area contributed by atoms with E-state index in [9.17, 15) is 14.0 Å². The summed E-state index contributed by atoms with van der Waals surface area (Å²) in [5.74, 6) is -1.76. The van der Waals surface area contributed by atoms with Crippen LogP contribution in [0.4, 0.5) is 20.1 Å². The minimum absolute atomic E-state index is 0.147. The van der Waals surface area contributed by atoms with Gasteiger partial charge in [0.1, 0.15) is 11.4 Å². The van der Waals surface area contributed by atoms with Gasteiger partial charge in [0.2, 0.25) is 0 Å². The zero-order valence-electron chi connectivity index (χ0n) is 18.3. The Morgan fingerprint density at radius 1 is 1.21 bits per heavy atom. The van der Waals surface area contributed by atoms with Crippen LogP contribution in [0.15, 0.2) is 45.9 Å². The monoisotopic (exact) mass is 491 g/mol. The van der Waals surface area contributed by atoms with Crippen molar-refractivity contribution in [2.45, 2.75) is 42.0 Å². The molecule has 0 aromatic carbocycles. The molecule has 0 saturated heterocycles. The van der Waals surface area contributed by atoms with Crippen LogP contribution in [0.25, 0.3) is 0 Å². The summed E-state index contributed by atoms with van der Waals surface area (Å²) < 4.78 is 20.3. The maximum atomic E-state index is 14.3. The summed E-state index contributed by atoms with van der Waals surface area (Å²) in [6.45, 7) is 5.77. The summed E-state index contributed by atoms with van der Waals surface area (Å²) in [7, 11) is 1.65. The standard InChI is InChI=1S/C21H22FN5O4S2/c1-21(2,3)31-20(30)27(4)11-12-5-6-14(24-9-12)26-19-25-10-15(33-19)32-13-7-8-23-17(16(13)22)18(28)29/h5-10H,11H2,1-4H3,(H,28,29)(H,24,25,26). The van der Waals surface area contributed by atoms with Crippen molar-refractivity contribution in [3.05, 3.63) is 53.9 Å². The number of carbonyl (C=O) groups is 2. The van der Waals surface area contributed by atoms with Crippen LogP contribution in [0.2, 0.25) is 0 Å². The van der Waals surface area contributed by atoms with Crippen molar-refractivity contribution in [3.8, 4) is 0 Å².